The molecule has 0 aliphatic heterocycles. The van der Waals surface area contributed by atoms with E-state index >= 15 is 0 Å². The first-order chi connectivity index (χ1) is 19.3. The third-order valence-corrected chi connectivity index (χ3v) is 8.31. The van der Waals surface area contributed by atoms with Crippen molar-refractivity contribution in [1.29, 1.82) is 0 Å². The minimum Gasteiger partial charge on any atom is -0.495 e. The molecule has 0 unspecified atom stereocenters. The first-order valence-corrected chi connectivity index (χ1v) is 15.2. The Hall–Kier alpha value is -2.79. The van der Waals surface area contributed by atoms with Crippen LogP contribution in [-0.2, 0) is 29.6 Å². The first kappa shape index (κ1) is 31.7. The molecule has 2 aromatic heterocycles. The summed E-state index contributed by atoms with van der Waals surface area (Å²) in [6.45, 7) is 5.08. The molecule has 0 radical (unpaired) electrons. The summed E-state index contributed by atoms with van der Waals surface area (Å²) in [5.74, 6) is 0.769. The van der Waals surface area contributed by atoms with Crippen LogP contribution in [0, 0.1) is 6.92 Å². The van der Waals surface area contributed by atoms with Crippen molar-refractivity contribution in [3.05, 3.63) is 75.0 Å². The lowest BCUT2D eigenvalue weighted by Gasteiger charge is -2.27. The van der Waals surface area contributed by atoms with Crippen LogP contribution in [0.15, 0.2) is 42.6 Å². The number of nitrogens with one attached hydrogen (secondary N) is 1. The third kappa shape index (κ3) is 8.60. The minimum atomic E-state index is -0.575. The molecule has 1 aliphatic rings. The number of carbonyl (C=O) groups is 2. The van der Waals surface area contributed by atoms with Crippen molar-refractivity contribution in [3.63, 3.8) is 0 Å². The Morgan fingerprint density at radius 1 is 1.23 bits per heavy atom. The van der Waals surface area contributed by atoms with E-state index in [1.165, 1.54) is 22.5 Å². The molecule has 1 fully saturated rings. The number of aromatic nitrogens is 2. The van der Waals surface area contributed by atoms with E-state index in [2.05, 4.69) is 45.9 Å². The SMILES string of the molecule is CCc1cccc(CCCN(Cc2nc(C=O)c(C)s2)C(=O)C2(c3ccc(OC)cn3)CC2)c1.CNSN(C)C. The number of hydrogen-bond acceptors (Lipinski definition) is 9. The van der Waals surface area contributed by atoms with Crippen molar-refractivity contribution in [3.8, 4) is 5.75 Å². The largest absolute Gasteiger partial charge is 0.495 e. The summed E-state index contributed by atoms with van der Waals surface area (Å²) in [5, 5.41) is 0.791. The highest BCUT2D eigenvalue weighted by Crippen LogP contribution is 2.49. The van der Waals surface area contributed by atoms with Gasteiger partial charge in [0.05, 0.1) is 31.0 Å². The van der Waals surface area contributed by atoms with Gasteiger partial charge in [-0.2, -0.15) is 0 Å². The van der Waals surface area contributed by atoms with Gasteiger partial charge in [0.25, 0.3) is 0 Å². The molecular weight excluding hydrogens is 542 g/mol. The zero-order valence-corrected chi connectivity index (χ0v) is 26.0. The lowest BCUT2D eigenvalue weighted by molar-refractivity contribution is -0.134. The highest BCUT2D eigenvalue weighted by Gasteiger charge is 2.54. The molecule has 10 heteroatoms. The summed E-state index contributed by atoms with van der Waals surface area (Å²) in [5.41, 5.74) is 3.30. The van der Waals surface area contributed by atoms with E-state index in [4.69, 9.17) is 4.74 Å². The van der Waals surface area contributed by atoms with Crippen LogP contribution < -0.4 is 9.46 Å². The topological polar surface area (TPSA) is 87.7 Å². The van der Waals surface area contributed by atoms with Crippen molar-refractivity contribution >= 4 is 35.7 Å². The smallest absolute Gasteiger partial charge is 0.235 e. The monoisotopic (exact) mass is 583 g/mol. The molecule has 0 spiro atoms. The van der Waals surface area contributed by atoms with Gasteiger partial charge in [0.2, 0.25) is 5.91 Å². The second-order valence-electron chi connectivity index (χ2n) is 9.94. The Bertz CT molecular complexity index is 1240. The number of aldehydes is 1. The van der Waals surface area contributed by atoms with E-state index in [0.717, 1.165) is 54.0 Å². The molecule has 8 nitrogen and oxygen atoms in total. The average molecular weight is 584 g/mol. The maximum Gasteiger partial charge on any atom is 0.235 e. The second-order valence-corrected chi connectivity index (χ2v) is 12.6. The summed E-state index contributed by atoms with van der Waals surface area (Å²) >= 11 is 3.05. The summed E-state index contributed by atoms with van der Waals surface area (Å²) < 4.78 is 10.1. The molecule has 4 rings (SSSR count). The van der Waals surface area contributed by atoms with Crippen LogP contribution in [0.25, 0.3) is 0 Å². The molecular formula is C30H41N5O3S2. The predicted octanol–water partition coefficient (Wildman–Crippen LogP) is 5.25. The molecule has 0 bridgehead atoms. The number of amides is 1. The van der Waals surface area contributed by atoms with Crippen molar-refractivity contribution < 1.29 is 14.3 Å². The molecule has 1 aromatic carbocycles. The number of pyridine rings is 1. The quantitative estimate of drug-likeness (QED) is 0.216. The highest BCUT2D eigenvalue weighted by atomic mass is 32.2. The number of nitrogens with zero attached hydrogens (tertiary/aromatic N) is 4. The Morgan fingerprint density at radius 2 is 1.98 bits per heavy atom. The van der Waals surface area contributed by atoms with Crippen LogP contribution in [-0.4, -0.2) is 66.2 Å². The Labute approximate surface area is 246 Å². The Morgan fingerprint density at radius 3 is 2.50 bits per heavy atom. The second kappa shape index (κ2) is 15.3. The van der Waals surface area contributed by atoms with E-state index in [-0.39, 0.29) is 5.91 Å². The van der Waals surface area contributed by atoms with Gasteiger partial charge in [-0.25, -0.2) is 9.29 Å². The van der Waals surface area contributed by atoms with Gasteiger partial charge in [-0.15, -0.1) is 11.3 Å². The van der Waals surface area contributed by atoms with Crippen molar-refractivity contribution in [1.82, 2.24) is 23.9 Å². The summed E-state index contributed by atoms with van der Waals surface area (Å²) in [6.07, 6.45) is 6.81. The van der Waals surface area contributed by atoms with Crippen LogP contribution in [0.2, 0.25) is 0 Å². The predicted molar refractivity (Wildman–Crippen MR) is 164 cm³/mol. The zero-order chi connectivity index (χ0) is 29.1. The van der Waals surface area contributed by atoms with Gasteiger partial charge in [0.15, 0.2) is 6.29 Å². The summed E-state index contributed by atoms with van der Waals surface area (Å²) in [6, 6.07) is 12.4. The standard InChI is InChI=1S/C27H31N3O3S.C3H10N2S/c1-4-20-7-5-8-21(15-20)9-6-14-30(17-25-29-23(18-31)19(2)34-25)26(32)27(12-13-27)24-11-10-22(33-3)16-28-24;1-4-6-5(2)3/h5,7-8,10-11,15-16,18H,4,6,9,12-14,17H2,1-3H3;4H,1-3H3. The van der Waals surface area contributed by atoms with Crippen molar-refractivity contribution in [2.75, 3.05) is 34.8 Å². The van der Waals surface area contributed by atoms with E-state index in [0.29, 0.717) is 24.5 Å². The number of carbonyl (C=O) groups excluding carboxylic acids is 2. The maximum absolute atomic E-state index is 13.9. The Kier molecular flexibility index (Phi) is 12.1. The molecule has 1 amide bonds. The van der Waals surface area contributed by atoms with Crippen LogP contribution in [0.3, 0.4) is 0 Å². The van der Waals surface area contributed by atoms with Gasteiger partial charge in [0, 0.05) is 23.6 Å². The normalized spacial score (nSPS) is 13.4. The van der Waals surface area contributed by atoms with Crippen molar-refractivity contribution in [2.45, 2.75) is 57.9 Å². The first-order valence-electron chi connectivity index (χ1n) is 13.6. The van der Waals surface area contributed by atoms with E-state index in [1.807, 2.05) is 49.4 Å². The summed E-state index contributed by atoms with van der Waals surface area (Å²) in [7, 11) is 7.48. The van der Waals surface area contributed by atoms with Gasteiger partial charge < -0.3 is 9.64 Å². The van der Waals surface area contributed by atoms with Gasteiger partial charge in [-0.05, 0) is 83.4 Å². The number of thiazole rings is 1. The van der Waals surface area contributed by atoms with Crippen LogP contribution in [0.4, 0.5) is 0 Å². The number of rotatable bonds is 13. The molecule has 1 aliphatic carbocycles. The fourth-order valence-corrected chi connectivity index (χ4v) is 5.79. The molecule has 1 saturated carbocycles. The molecule has 0 saturated heterocycles. The molecule has 216 valence electrons. The van der Waals surface area contributed by atoms with Gasteiger partial charge >= 0.3 is 0 Å². The van der Waals surface area contributed by atoms with Gasteiger partial charge in [-0.1, -0.05) is 31.2 Å². The van der Waals surface area contributed by atoms with Crippen molar-refractivity contribution in [2.24, 2.45) is 0 Å². The Balaban J connectivity index is 0.000000663. The molecule has 40 heavy (non-hydrogen) atoms. The fourth-order valence-electron chi connectivity index (χ4n) is 4.51. The summed E-state index contributed by atoms with van der Waals surface area (Å²) in [4.78, 5) is 36.9. The molecule has 2 heterocycles. The highest BCUT2D eigenvalue weighted by molar-refractivity contribution is 7.95. The number of aryl methyl sites for hydroxylation is 3. The average Bonchev–Trinajstić information content (AvgIpc) is 3.69. The maximum atomic E-state index is 13.9. The molecule has 3 aromatic rings. The fraction of sp³-hybridized carbons (Fsp3) is 0.467. The molecule has 1 N–H and O–H groups in total. The van der Waals surface area contributed by atoms with E-state index in [9.17, 15) is 9.59 Å². The number of methoxy groups -OCH3 is 1. The lowest BCUT2D eigenvalue weighted by Crippen LogP contribution is -2.40. The third-order valence-electron chi connectivity index (χ3n) is 6.79. The van der Waals surface area contributed by atoms with Gasteiger partial charge in [0.1, 0.15) is 16.5 Å². The van der Waals surface area contributed by atoms with E-state index in [1.54, 1.807) is 25.4 Å². The van der Waals surface area contributed by atoms with Crippen LogP contribution in [0.1, 0.15) is 63.4 Å². The van der Waals surface area contributed by atoms with Crippen LogP contribution >= 0.6 is 23.5 Å². The molecule has 0 atom stereocenters. The minimum absolute atomic E-state index is 0.0907. The number of ether oxygens (including phenoxy) is 1. The zero-order valence-electron chi connectivity index (χ0n) is 24.4. The lowest BCUT2D eigenvalue weighted by atomic mass is 9.99. The van der Waals surface area contributed by atoms with Crippen LogP contribution in [0.5, 0.6) is 5.75 Å². The van der Waals surface area contributed by atoms with E-state index < -0.39 is 5.41 Å². The number of hydrogen-bond donors (Lipinski definition) is 1. The van der Waals surface area contributed by atoms with Gasteiger partial charge in [-0.3, -0.25) is 19.3 Å². The number of benzene rings is 1.